The van der Waals surface area contributed by atoms with Crippen molar-refractivity contribution in [2.24, 2.45) is 55.1 Å². The highest BCUT2D eigenvalue weighted by atomic mass is 32.1. The predicted octanol–water partition coefficient (Wildman–Crippen LogP) is -5.79. The Morgan fingerprint density at radius 3 is 1.90 bits per heavy atom. The lowest BCUT2D eigenvalue weighted by Crippen LogP contribution is -2.61. The second-order valence-electron chi connectivity index (χ2n) is 23.1. The molecule has 5 heterocycles. The number of benzene rings is 1. The minimum absolute atomic E-state index is 0.00494. The van der Waals surface area contributed by atoms with Crippen LogP contribution in [0, 0.1) is 0 Å². The molecule has 1 aromatic carbocycles. The molecule has 506 valence electrons. The van der Waals surface area contributed by atoms with Crippen molar-refractivity contribution in [3.63, 3.8) is 0 Å². The van der Waals surface area contributed by atoms with E-state index in [2.05, 4.69) is 41.6 Å². The van der Waals surface area contributed by atoms with Crippen LogP contribution in [0.5, 0.6) is 0 Å². The van der Waals surface area contributed by atoms with Gasteiger partial charge in [-0.1, -0.05) is 37.3 Å². The number of β-amino-alcohol motifs (C(OH)–C–C–N with tert-alkyl or cyclic N) is 1. The average molecular weight is 1310 g/mol. The number of hydrogen-bond acceptors (Lipinski definition) is 18. The molecule has 11 atom stereocenters. The predicted molar refractivity (Wildman–Crippen MR) is 337 cm³/mol. The third kappa shape index (κ3) is 20.6. The Kier molecular flexibility index (Phi) is 27.7. The molecule has 33 nitrogen and oxygen atoms in total. The average Bonchev–Trinajstić information content (AvgIpc) is 1.31. The number of hydrogen-bond donors (Lipinski definition) is 15. The lowest BCUT2D eigenvalue weighted by molar-refractivity contribution is -0.151. The fourth-order valence-electron chi connectivity index (χ4n) is 11.6. The van der Waals surface area contributed by atoms with Gasteiger partial charge in [0.05, 0.1) is 31.4 Å². The molecule has 1 aromatic heterocycles. The number of ether oxygens (including phenoxy) is 1. The first-order chi connectivity index (χ1) is 43.9. The molecule has 0 aliphatic carbocycles. The number of guanidine groups is 3. The number of carboxylic acids is 1. The fourth-order valence-corrected chi connectivity index (χ4v) is 12.3. The number of carbonyl (C=O) groups excluding carboxylic acids is 9. The van der Waals surface area contributed by atoms with Gasteiger partial charge in [-0.05, 0) is 80.4 Å². The van der Waals surface area contributed by atoms with Gasteiger partial charge in [0.2, 0.25) is 53.2 Å². The van der Waals surface area contributed by atoms with Crippen LogP contribution in [0.25, 0.3) is 0 Å². The van der Waals surface area contributed by atoms with Crippen molar-refractivity contribution in [2.75, 3.05) is 59.0 Å². The van der Waals surface area contributed by atoms with Crippen LogP contribution in [-0.4, -0.2) is 238 Å². The van der Waals surface area contributed by atoms with Gasteiger partial charge >= 0.3 is 5.97 Å². The quantitative estimate of drug-likeness (QED) is 0.0180. The minimum atomic E-state index is -1.69. The summed E-state index contributed by atoms with van der Waals surface area (Å²) in [6.45, 7) is 0.473. The molecule has 6 rings (SSSR count). The molecular formula is C58H89N19O14S. The van der Waals surface area contributed by atoms with Crippen molar-refractivity contribution < 1.29 is 68.0 Å². The molecule has 22 N–H and O–H groups in total. The van der Waals surface area contributed by atoms with Gasteiger partial charge in [0.1, 0.15) is 48.3 Å². The van der Waals surface area contributed by atoms with E-state index >= 15 is 4.79 Å². The number of fused-ring (bicyclic) bond motifs is 1. The first kappa shape index (κ1) is 72.3. The Balaban J connectivity index is 1.13. The Labute approximate surface area is 536 Å². The summed E-state index contributed by atoms with van der Waals surface area (Å²) < 4.78 is 6.06. The third-order valence-corrected chi connectivity index (χ3v) is 17.1. The Bertz CT molecular complexity index is 3000. The van der Waals surface area contributed by atoms with Gasteiger partial charge in [-0.15, -0.1) is 11.3 Å². The number of carbonyl (C=O) groups is 10. The van der Waals surface area contributed by atoms with E-state index in [4.69, 9.17) is 44.9 Å². The van der Waals surface area contributed by atoms with Crippen LogP contribution >= 0.6 is 11.3 Å². The number of amides is 9. The molecule has 0 saturated carbocycles. The lowest BCUT2D eigenvalue weighted by atomic mass is 9.92. The van der Waals surface area contributed by atoms with Crippen molar-refractivity contribution in [2.45, 2.75) is 164 Å². The zero-order valence-corrected chi connectivity index (χ0v) is 52.4. The highest BCUT2D eigenvalue weighted by Gasteiger charge is 2.49. The summed E-state index contributed by atoms with van der Waals surface area (Å²) in [5.41, 5.74) is 40.2. The van der Waals surface area contributed by atoms with Crippen LogP contribution < -0.4 is 66.7 Å². The Morgan fingerprint density at radius 1 is 0.663 bits per heavy atom. The SMILES string of the molecule is CCCO[C@H]1C[C@H](C(=O)N2Cc3ccccc3C[C@H]2C(=O)N[C@@H](CCCN=C(N)N)C(=O)O)N(C(=O)[C@H](CO)NC(=O)[C@H](Cc2cccs2)NC(=O)CNC(=O)[C@@H]2C[C@@H](O)CN2C(=O)[C@@H]2CCCN2C(=O)[C@H](CCCN=C(N)N)NC(=O)[C@H](N)CCCN=C(N)N)C1. The molecule has 0 spiro atoms. The van der Waals surface area contributed by atoms with E-state index in [0.29, 0.717) is 29.7 Å². The van der Waals surface area contributed by atoms with Gasteiger partial charge in [0, 0.05) is 83.0 Å². The van der Waals surface area contributed by atoms with Gasteiger partial charge in [0.15, 0.2) is 17.9 Å². The summed E-state index contributed by atoms with van der Waals surface area (Å²) in [5.74, 6) is -8.64. The molecule has 4 aliphatic heterocycles. The van der Waals surface area contributed by atoms with Crippen molar-refractivity contribution in [3.8, 4) is 0 Å². The molecule has 0 radical (unpaired) electrons. The largest absolute Gasteiger partial charge is 0.480 e. The maximum Gasteiger partial charge on any atom is 0.326 e. The summed E-state index contributed by atoms with van der Waals surface area (Å²) in [6, 6.07) is -1.08. The summed E-state index contributed by atoms with van der Waals surface area (Å²) >= 11 is 1.26. The normalized spacial score (nSPS) is 20.9. The maximum atomic E-state index is 15.1. The van der Waals surface area contributed by atoms with E-state index in [9.17, 15) is 58.5 Å². The minimum Gasteiger partial charge on any atom is -0.480 e. The smallest absolute Gasteiger partial charge is 0.326 e. The maximum absolute atomic E-state index is 15.1. The second kappa shape index (κ2) is 35.2. The number of thiophene rings is 1. The summed E-state index contributed by atoms with van der Waals surface area (Å²) in [4.78, 5) is 158. The van der Waals surface area contributed by atoms with Crippen molar-refractivity contribution in [3.05, 3.63) is 57.8 Å². The molecule has 92 heavy (non-hydrogen) atoms. The van der Waals surface area contributed by atoms with Crippen LogP contribution in [0.2, 0.25) is 0 Å². The Hall–Kier alpha value is -8.73. The topological polar surface area (TPSA) is 533 Å². The van der Waals surface area contributed by atoms with Crippen LogP contribution in [0.4, 0.5) is 0 Å². The first-order valence-electron chi connectivity index (χ1n) is 30.7. The molecule has 3 fully saturated rings. The number of nitrogens with one attached hydrogen (secondary N) is 5. The molecule has 0 unspecified atom stereocenters. The van der Waals surface area contributed by atoms with Crippen LogP contribution in [0.3, 0.4) is 0 Å². The van der Waals surface area contributed by atoms with Gasteiger partial charge < -0.3 is 106 Å². The van der Waals surface area contributed by atoms with Crippen LogP contribution in [0.15, 0.2) is 56.8 Å². The molecular weight excluding hydrogens is 1220 g/mol. The number of rotatable bonds is 33. The van der Waals surface area contributed by atoms with Crippen molar-refractivity contribution in [1.29, 1.82) is 0 Å². The van der Waals surface area contributed by atoms with Gasteiger partial charge in [-0.2, -0.15) is 0 Å². The van der Waals surface area contributed by atoms with E-state index in [1.54, 1.807) is 41.8 Å². The van der Waals surface area contributed by atoms with Crippen molar-refractivity contribution >= 4 is 88.3 Å². The number of nitrogens with zero attached hydrogens (tertiary/aromatic N) is 7. The molecule has 9 amide bonds. The number of aliphatic imine (C=N–C) groups is 3. The number of aliphatic hydroxyl groups is 2. The van der Waals surface area contributed by atoms with E-state index in [1.807, 2.05) is 6.92 Å². The van der Waals surface area contributed by atoms with Gasteiger partial charge in [-0.25, -0.2) is 4.79 Å². The zero-order chi connectivity index (χ0) is 67.2. The first-order valence-corrected chi connectivity index (χ1v) is 31.6. The highest BCUT2D eigenvalue weighted by molar-refractivity contribution is 7.09. The summed E-state index contributed by atoms with van der Waals surface area (Å²) in [5, 5.41) is 46.4. The summed E-state index contributed by atoms with van der Waals surface area (Å²) in [6.07, 6.45) is -0.0364. The zero-order valence-electron chi connectivity index (χ0n) is 51.6. The standard InChI is InChI=1S/C58H89N19O14S/c1-2-21-91-35-25-45(54(88)75-28-33-11-4-3-10-32(33)23-43(75)50(84)72-39(55(89)90)15-7-19-68-58(64)65)77(30-35)52(86)41(31-78)73-48(82)40(26-36-12-9-22-92-36)70-46(80)27-69-49(83)44-24-34(79)29-76(44)53(87)42-16-8-20-74(42)51(85)38(14-6-18-67-57(62)63)71-47(81)37(59)13-5-17-66-56(60)61/h3-4,9-12,22,34-35,37-45,78-79H,2,5-8,13-21,23-31,59H2,1H3,(H,69,83)(H,70,80)(H,71,81)(H,72,84)(H,73,82)(H,89,90)(H4,60,61,66)(H4,62,63,67)(H4,64,65,68)/t34-,35+,37-,38+,39+,40+,41+,42+,43+,44+,45-/m1/s1. The number of aliphatic hydroxyl groups excluding tert-OH is 2. The lowest BCUT2D eigenvalue weighted by Gasteiger charge is -2.39. The van der Waals surface area contributed by atoms with Crippen LogP contribution in [0.1, 0.15) is 93.6 Å². The molecule has 2 aromatic rings. The number of nitrogens with two attached hydrogens (primary N) is 7. The number of carboxylic acid groups (broad SMARTS) is 1. The van der Waals surface area contributed by atoms with E-state index in [-0.39, 0.29) is 135 Å². The number of likely N-dealkylation sites (tertiary alicyclic amines) is 3. The molecule has 34 heteroatoms. The third-order valence-electron chi connectivity index (χ3n) is 16.2. The van der Waals surface area contributed by atoms with E-state index in [0.717, 1.165) is 10.5 Å². The number of aliphatic carboxylic acids is 1. The fraction of sp³-hybridized carbons (Fsp3) is 0.603. The molecule has 3 saturated heterocycles. The monoisotopic (exact) mass is 1310 g/mol. The van der Waals surface area contributed by atoms with Crippen molar-refractivity contribution in [1.82, 2.24) is 46.2 Å². The van der Waals surface area contributed by atoms with E-state index < -0.39 is 139 Å². The second-order valence-corrected chi connectivity index (χ2v) is 24.1. The van der Waals surface area contributed by atoms with E-state index in [1.165, 1.54) is 26.0 Å². The van der Waals surface area contributed by atoms with Gasteiger partial charge in [0.25, 0.3) is 0 Å². The van der Waals surface area contributed by atoms with Crippen LogP contribution in [-0.2, 0) is 72.1 Å². The Morgan fingerprint density at radius 2 is 1.28 bits per heavy atom. The van der Waals surface area contributed by atoms with Gasteiger partial charge in [-0.3, -0.25) is 58.1 Å². The molecule has 0 bridgehead atoms. The molecule has 4 aliphatic rings. The highest BCUT2D eigenvalue weighted by Crippen LogP contribution is 2.31. The summed E-state index contributed by atoms with van der Waals surface area (Å²) in [7, 11) is 0.